The smallest absolute Gasteiger partial charge is 0.310 e. The van der Waals surface area contributed by atoms with Crippen molar-refractivity contribution in [1.82, 2.24) is 9.88 Å². The minimum Gasteiger partial charge on any atom is -0.466 e. The first-order valence-electron chi connectivity index (χ1n) is 10.9. The maximum absolute atomic E-state index is 14.0. The largest absolute Gasteiger partial charge is 0.466 e. The molecule has 5 nitrogen and oxygen atoms in total. The van der Waals surface area contributed by atoms with Crippen LogP contribution in [0.25, 0.3) is 22.2 Å². The Hall–Kier alpha value is -3.15. The van der Waals surface area contributed by atoms with Crippen LogP contribution in [0.5, 0.6) is 0 Å². The number of halogens is 1. The normalized spacial score (nSPS) is 16.5. The van der Waals surface area contributed by atoms with E-state index in [1.807, 2.05) is 30.3 Å². The maximum atomic E-state index is 14.0. The molecule has 0 aliphatic carbocycles. The summed E-state index contributed by atoms with van der Waals surface area (Å²) in [5.74, 6) is -0.760. The fourth-order valence-electron chi connectivity index (χ4n) is 4.38. The molecule has 4 rings (SSSR count). The van der Waals surface area contributed by atoms with E-state index in [-0.39, 0.29) is 23.6 Å². The molecule has 0 bridgehead atoms. The van der Waals surface area contributed by atoms with Crippen LogP contribution in [-0.4, -0.2) is 41.5 Å². The molecule has 31 heavy (non-hydrogen) atoms. The summed E-state index contributed by atoms with van der Waals surface area (Å²) in [6.45, 7) is 3.20. The van der Waals surface area contributed by atoms with Crippen LogP contribution in [0.1, 0.15) is 31.7 Å². The number of piperidine rings is 1. The Balaban J connectivity index is 1.54. The van der Waals surface area contributed by atoms with Crippen LogP contribution in [-0.2, 0) is 20.7 Å². The molecular formula is C25H27FN2O3. The predicted octanol–water partition coefficient (Wildman–Crippen LogP) is 4.71. The fraction of sp³-hybridized carbons (Fsp3) is 0.360. The van der Waals surface area contributed by atoms with Gasteiger partial charge in [0.15, 0.2) is 0 Å². The van der Waals surface area contributed by atoms with Gasteiger partial charge in [0.2, 0.25) is 5.91 Å². The summed E-state index contributed by atoms with van der Waals surface area (Å²) >= 11 is 0. The van der Waals surface area contributed by atoms with Gasteiger partial charge in [0.25, 0.3) is 0 Å². The number of likely N-dealkylation sites (tertiary alicyclic amines) is 1. The minimum absolute atomic E-state index is 0.0127. The molecule has 1 N–H and O–H groups in total. The van der Waals surface area contributed by atoms with Crippen LogP contribution in [0.2, 0.25) is 0 Å². The molecule has 6 heteroatoms. The number of nitrogens with zero attached hydrogens (tertiary/aromatic N) is 1. The lowest BCUT2D eigenvalue weighted by Gasteiger charge is -2.31. The molecule has 1 amide bonds. The van der Waals surface area contributed by atoms with Crippen LogP contribution in [0.15, 0.2) is 48.5 Å². The summed E-state index contributed by atoms with van der Waals surface area (Å²) in [6.07, 6.45) is 2.34. The molecule has 1 saturated heterocycles. The van der Waals surface area contributed by atoms with Gasteiger partial charge in [-0.05, 0) is 55.5 Å². The number of aromatic amines is 1. The molecular weight excluding hydrogens is 395 g/mol. The molecule has 0 spiro atoms. The number of amides is 1. The summed E-state index contributed by atoms with van der Waals surface area (Å²) in [5.41, 5.74) is 3.70. The highest BCUT2D eigenvalue weighted by Gasteiger charge is 2.29. The quantitative estimate of drug-likeness (QED) is 0.586. The van der Waals surface area contributed by atoms with Crippen LogP contribution in [0.3, 0.4) is 0 Å². The van der Waals surface area contributed by atoms with E-state index < -0.39 is 0 Å². The summed E-state index contributed by atoms with van der Waals surface area (Å²) < 4.78 is 19.1. The monoisotopic (exact) mass is 422 g/mol. The molecule has 2 aromatic carbocycles. The Bertz CT molecular complexity index is 1080. The van der Waals surface area contributed by atoms with Crippen LogP contribution in [0, 0.1) is 11.7 Å². The molecule has 0 radical (unpaired) electrons. The number of esters is 1. The molecule has 1 aliphatic rings. The number of hydrogen-bond donors (Lipinski definition) is 1. The second-order valence-electron chi connectivity index (χ2n) is 7.97. The molecule has 1 aromatic heterocycles. The number of benzene rings is 2. The third kappa shape index (κ3) is 4.63. The summed E-state index contributed by atoms with van der Waals surface area (Å²) in [4.78, 5) is 30.2. The van der Waals surface area contributed by atoms with E-state index in [1.165, 1.54) is 12.1 Å². The van der Waals surface area contributed by atoms with E-state index >= 15 is 0 Å². The van der Waals surface area contributed by atoms with Gasteiger partial charge in [-0.15, -0.1) is 0 Å². The molecule has 3 aromatic rings. The topological polar surface area (TPSA) is 62.4 Å². The number of carbonyl (C=O) groups excluding carboxylic acids is 2. The second kappa shape index (κ2) is 9.33. The third-order valence-corrected chi connectivity index (χ3v) is 5.91. The predicted molar refractivity (Wildman–Crippen MR) is 118 cm³/mol. The SMILES string of the molecule is CCOC(=O)C1CCCN(C(=O)CCc2c(-c3ccccc3)[nH]c3ccc(F)cc23)C1. The number of aromatic nitrogens is 1. The minimum atomic E-state index is -0.299. The van der Waals surface area contributed by atoms with Crippen molar-refractivity contribution in [2.24, 2.45) is 5.92 Å². The van der Waals surface area contributed by atoms with Gasteiger partial charge in [-0.25, -0.2) is 4.39 Å². The van der Waals surface area contributed by atoms with Gasteiger partial charge in [0.1, 0.15) is 5.82 Å². The number of aryl methyl sites for hydroxylation is 1. The second-order valence-corrected chi connectivity index (χ2v) is 7.97. The van der Waals surface area contributed by atoms with E-state index in [0.29, 0.717) is 32.5 Å². The van der Waals surface area contributed by atoms with Crippen LogP contribution >= 0.6 is 0 Å². The number of H-pyrrole nitrogens is 1. The van der Waals surface area contributed by atoms with Crippen molar-refractivity contribution in [3.63, 3.8) is 0 Å². The first-order valence-corrected chi connectivity index (χ1v) is 10.9. The zero-order valence-electron chi connectivity index (χ0n) is 17.7. The van der Waals surface area contributed by atoms with Gasteiger partial charge >= 0.3 is 5.97 Å². The lowest BCUT2D eigenvalue weighted by atomic mass is 9.97. The number of hydrogen-bond acceptors (Lipinski definition) is 3. The number of fused-ring (bicyclic) bond motifs is 1. The Morgan fingerprint density at radius 2 is 2.00 bits per heavy atom. The highest BCUT2D eigenvalue weighted by Crippen LogP contribution is 2.32. The lowest BCUT2D eigenvalue weighted by molar-refractivity contribution is -0.151. The summed E-state index contributed by atoms with van der Waals surface area (Å²) in [7, 11) is 0. The average molecular weight is 423 g/mol. The Morgan fingerprint density at radius 3 is 2.77 bits per heavy atom. The fourth-order valence-corrected chi connectivity index (χ4v) is 4.38. The molecule has 2 heterocycles. The number of carbonyl (C=O) groups is 2. The molecule has 1 aliphatic heterocycles. The van der Waals surface area contributed by atoms with E-state index in [9.17, 15) is 14.0 Å². The first-order chi connectivity index (χ1) is 15.1. The van der Waals surface area contributed by atoms with E-state index in [2.05, 4.69) is 4.98 Å². The highest BCUT2D eigenvalue weighted by molar-refractivity contribution is 5.91. The summed E-state index contributed by atoms with van der Waals surface area (Å²) in [6, 6.07) is 14.6. The maximum Gasteiger partial charge on any atom is 0.310 e. The number of rotatable bonds is 6. The molecule has 162 valence electrons. The van der Waals surface area contributed by atoms with Crippen molar-refractivity contribution in [3.05, 3.63) is 59.9 Å². The van der Waals surface area contributed by atoms with Gasteiger partial charge in [0, 0.05) is 36.1 Å². The van der Waals surface area contributed by atoms with E-state index in [0.717, 1.165) is 40.6 Å². The van der Waals surface area contributed by atoms with Crippen molar-refractivity contribution < 1.29 is 18.7 Å². The zero-order chi connectivity index (χ0) is 21.8. The molecule has 1 atom stereocenters. The Labute approximate surface area is 181 Å². The van der Waals surface area contributed by atoms with E-state index in [4.69, 9.17) is 4.74 Å². The van der Waals surface area contributed by atoms with Gasteiger partial charge in [-0.1, -0.05) is 30.3 Å². The number of nitrogens with one attached hydrogen (secondary N) is 1. The highest BCUT2D eigenvalue weighted by atomic mass is 19.1. The van der Waals surface area contributed by atoms with Gasteiger partial charge in [0.05, 0.1) is 12.5 Å². The zero-order valence-corrected chi connectivity index (χ0v) is 17.7. The van der Waals surface area contributed by atoms with Gasteiger partial charge in [-0.3, -0.25) is 9.59 Å². The van der Waals surface area contributed by atoms with Gasteiger partial charge < -0.3 is 14.6 Å². The first kappa shape index (κ1) is 21.1. The lowest BCUT2D eigenvalue weighted by Crippen LogP contribution is -2.42. The standard InChI is InChI=1S/C25H27FN2O3/c1-2-31-25(30)18-9-6-14-28(16-18)23(29)13-11-20-21-15-19(26)10-12-22(21)27-24(20)17-7-4-3-5-8-17/h3-5,7-8,10,12,15,18,27H,2,6,9,11,13-14,16H2,1H3. The Kier molecular flexibility index (Phi) is 6.35. The molecule has 1 fully saturated rings. The average Bonchev–Trinajstić information content (AvgIpc) is 3.16. The van der Waals surface area contributed by atoms with Crippen LogP contribution in [0.4, 0.5) is 4.39 Å². The van der Waals surface area contributed by atoms with Crippen molar-refractivity contribution in [2.75, 3.05) is 19.7 Å². The number of ether oxygens (including phenoxy) is 1. The van der Waals surface area contributed by atoms with Crippen LogP contribution < -0.4 is 0 Å². The van der Waals surface area contributed by atoms with Crippen molar-refractivity contribution >= 4 is 22.8 Å². The molecule has 1 unspecified atom stereocenters. The Morgan fingerprint density at radius 1 is 1.19 bits per heavy atom. The third-order valence-electron chi connectivity index (χ3n) is 5.91. The van der Waals surface area contributed by atoms with Crippen molar-refractivity contribution in [1.29, 1.82) is 0 Å². The van der Waals surface area contributed by atoms with Crippen molar-refractivity contribution in [3.8, 4) is 11.3 Å². The van der Waals surface area contributed by atoms with Gasteiger partial charge in [-0.2, -0.15) is 0 Å². The van der Waals surface area contributed by atoms with E-state index in [1.54, 1.807) is 17.9 Å². The van der Waals surface area contributed by atoms with Crippen molar-refractivity contribution in [2.45, 2.75) is 32.6 Å². The molecule has 0 saturated carbocycles. The summed E-state index contributed by atoms with van der Waals surface area (Å²) in [5, 5.41) is 0.801.